The van der Waals surface area contributed by atoms with Gasteiger partial charge in [-0.15, -0.1) is 0 Å². The van der Waals surface area contributed by atoms with E-state index in [9.17, 15) is 4.79 Å². The fourth-order valence-electron chi connectivity index (χ4n) is 2.42. The lowest BCUT2D eigenvalue weighted by Gasteiger charge is -2.40. The van der Waals surface area contributed by atoms with Crippen molar-refractivity contribution in [2.45, 2.75) is 44.9 Å². The number of piperazine rings is 1. The molecule has 0 aromatic rings. The molecule has 5 heteroatoms. The van der Waals surface area contributed by atoms with Gasteiger partial charge in [0.2, 0.25) is 5.91 Å². The molecule has 0 aliphatic carbocycles. The second kappa shape index (κ2) is 5.80. The Labute approximate surface area is 104 Å². The summed E-state index contributed by atoms with van der Waals surface area (Å²) < 4.78 is 5.44. The van der Waals surface area contributed by atoms with Crippen molar-refractivity contribution in [3.8, 4) is 0 Å². The molecular weight excluding hydrogens is 218 g/mol. The Morgan fingerprint density at radius 2 is 2.29 bits per heavy atom. The Hall–Kier alpha value is -0.650. The van der Waals surface area contributed by atoms with Crippen LogP contribution in [0.4, 0.5) is 0 Å². The Morgan fingerprint density at radius 1 is 1.65 bits per heavy atom. The molecule has 100 valence electrons. The van der Waals surface area contributed by atoms with Crippen LogP contribution in [0, 0.1) is 0 Å². The quantitative estimate of drug-likeness (QED) is 0.710. The predicted molar refractivity (Wildman–Crippen MR) is 67.7 cm³/mol. The van der Waals surface area contributed by atoms with E-state index in [1.54, 1.807) is 7.11 Å². The number of hydrogen-bond acceptors (Lipinski definition) is 4. The van der Waals surface area contributed by atoms with Gasteiger partial charge in [-0.25, -0.2) is 0 Å². The zero-order chi connectivity index (χ0) is 13.1. The molecule has 1 rings (SSSR count). The summed E-state index contributed by atoms with van der Waals surface area (Å²) >= 11 is 0. The highest BCUT2D eigenvalue weighted by molar-refractivity contribution is 5.80. The van der Waals surface area contributed by atoms with Crippen LogP contribution in [-0.2, 0) is 9.53 Å². The number of primary amides is 1. The van der Waals surface area contributed by atoms with Crippen molar-refractivity contribution >= 4 is 5.91 Å². The van der Waals surface area contributed by atoms with E-state index in [1.165, 1.54) is 0 Å². The summed E-state index contributed by atoms with van der Waals surface area (Å²) in [4.78, 5) is 13.6. The average Bonchev–Trinajstić information content (AvgIpc) is 2.28. The van der Waals surface area contributed by atoms with Crippen molar-refractivity contribution in [3.05, 3.63) is 0 Å². The Kier molecular flexibility index (Phi) is 4.91. The zero-order valence-electron chi connectivity index (χ0n) is 11.3. The lowest BCUT2D eigenvalue weighted by atomic mass is 9.97. The number of amides is 1. The largest absolute Gasteiger partial charge is 0.379 e. The summed E-state index contributed by atoms with van der Waals surface area (Å²) in [7, 11) is 1.72. The molecule has 3 N–H and O–H groups in total. The number of rotatable bonds is 5. The molecular formula is C12H25N3O2. The smallest absolute Gasteiger partial charge is 0.236 e. The summed E-state index contributed by atoms with van der Waals surface area (Å²) in [6.07, 6.45) is 0.882. The number of methoxy groups -OCH3 is 1. The van der Waals surface area contributed by atoms with Crippen LogP contribution in [-0.4, -0.2) is 55.2 Å². The van der Waals surface area contributed by atoms with Crippen molar-refractivity contribution in [2.75, 3.05) is 26.7 Å². The lowest BCUT2D eigenvalue weighted by molar-refractivity contribution is -0.125. The standard InChI is InChI=1S/C12H25N3O2/c1-9(7-12(2,3)17-4)15-6-5-14-8-10(15)11(13)16/h9-10,14H,5-8H2,1-4H3,(H2,13,16). The van der Waals surface area contributed by atoms with E-state index in [1.807, 2.05) is 0 Å². The molecule has 2 unspecified atom stereocenters. The number of nitrogens with two attached hydrogens (primary N) is 1. The second-order valence-electron chi connectivity index (χ2n) is 5.38. The molecule has 1 heterocycles. The topological polar surface area (TPSA) is 67.6 Å². The third-order valence-electron chi connectivity index (χ3n) is 3.52. The van der Waals surface area contributed by atoms with Crippen molar-refractivity contribution in [3.63, 3.8) is 0 Å². The van der Waals surface area contributed by atoms with Crippen LogP contribution in [0.3, 0.4) is 0 Å². The van der Waals surface area contributed by atoms with Crippen molar-refractivity contribution in [1.29, 1.82) is 0 Å². The monoisotopic (exact) mass is 243 g/mol. The highest BCUT2D eigenvalue weighted by Gasteiger charge is 2.32. The molecule has 5 nitrogen and oxygen atoms in total. The van der Waals surface area contributed by atoms with Crippen LogP contribution in [0.2, 0.25) is 0 Å². The summed E-state index contributed by atoms with van der Waals surface area (Å²) in [5.41, 5.74) is 5.27. The van der Waals surface area contributed by atoms with E-state index in [2.05, 4.69) is 31.0 Å². The van der Waals surface area contributed by atoms with E-state index in [0.29, 0.717) is 6.54 Å². The number of carbonyl (C=O) groups is 1. The van der Waals surface area contributed by atoms with Crippen LogP contribution in [0.15, 0.2) is 0 Å². The van der Waals surface area contributed by atoms with Gasteiger partial charge in [-0.2, -0.15) is 0 Å². The highest BCUT2D eigenvalue weighted by atomic mass is 16.5. The maximum atomic E-state index is 11.4. The van der Waals surface area contributed by atoms with Crippen LogP contribution >= 0.6 is 0 Å². The number of nitrogens with one attached hydrogen (secondary N) is 1. The molecule has 1 fully saturated rings. The molecule has 1 saturated heterocycles. The fraction of sp³-hybridized carbons (Fsp3) is 0.917. The SMILES string of the molecule is COC(C)(C)CC(C)N1CCNCC1C(N)=O. The minimum atomic E-state index is -0.251. The molecule has 0 bridgehead atoms. The van der Waals surface area contributed by atoms with Gasteiger partial charge in [0.05, 0.1) is 5.60 Å². The van der Waals surface area contributed by atoms with Gasteiger partial charge < -0.3 is 15.8 Å². The first kappa shape index (κ1) is 14.4. The second-order valence-corrected chi connectivity index (χ2v) is 5.38. The van der Waals surface area contributed by atoms with E-state index in [4.69, 9.17) is 10.5 Å². The van der Waals surface area contributed by atoms with Gasteiger partial charge in [0.15, 0.2) is 0 Å². The maximum Gasteiger partial charge on any atom is 0.236 e. The summed E-state index contributed by atoms with van der Waals surface area (Å²) in [5.74, 6) is -0.251. The average molecular weight is 243 g/mol. The van der Waals surface area contributed by atoms with E-state index in [-0.39, 0.29) is 23.6 Å². The Balaban J connectivity index is 2.65. The molecule has 1 aliphatic rings. The number of ether oxygens (including phenoxy) is 1. The van der Waals surface area contributed by atoms with Gasteiger partial charge in [-0.1, -0.05) is 0 Å². The predicted octanol–water partition coefficient (Wildman–Crippen LogP) is -0.0509. The highest BCUT2D eigenvalue weighted by Crippen LogP contribution is 2.21. The molecule has 0 aromatic carbocycles. The minimum Gasteiger partial charge on any atom is -0.379 e. The molecule has 2 atom stereocenters. The molecule has 1 aliphatic heterocycles. The lowest BCUT2D eigenvalue weighted by Crippen LogP contribution is -2.60. The third-order valence-corrected chi connectivity index (χ3v) is 3.52. The van der Waals surface area contributed by atoms with Crippen LogP contribution in [0.1, 0.15) is 27.2 Å². The molecule has 0 saturated carbocycles. The summed E-state index contributed by atoms with van der Waals surface area (Å²) in [6, 6.07) is 0.0796. The third kappa shape index (κ3) is 3.94. The number of hydrogen-bond donors (Lipinski definition) is 2. The van der Waals surface area contributed by atoms with Gasteiger partial charge >= 0.3 is 0 Å². The number of carbonyl (C=O) groups excluding carboxylic acids is 1. The van der Waals surface area contributed by atoms with E-state index in [0.717, 1.165) is 19.5 Å². The number of nitrogens with zero attached hydrogens (tertiary/aromatic N) is 1. The Bertz CT molecular complexity index is 268. The molecule has 17 heavy (non-hydrogen) atoms. The van der Waals surface area contributed by atoms with Crippen molar-refractivity contribution in [1.82, 2.24) is 10.2 Å². The molecule has 0 spiro atoms. The van der Waals surface area contributed by atoms with Crippen LogP contribution in [0.25, 0.3) is 0 Å². The first-order chi connectivity index (χ1) is 7.87. The van der Waals surface area contributed by atoms with Gasteiger partial charge in [-0.3, -0.25) is 9.69 Å². The minimum absolute atomic E-state index is 0.174. The first-order valence-corrected chi connectivity index (χ1v) is 6.18. The van der Waals surface area contributed by atoms with Crippen LogP contribution in [0.5, 0.6) is 0 Å². The normalized spacial score (nSPS) is 24.6. The molecule has 1 amide bonds. The first-order valence-electron chi connectivity index (χ1n) is 6.18. The summed E-state index contributed by atoms with van der Waals surface area (Å²) in [5, 5.41) is 3.20. The van der Waals surface area contributed by atoms with Gasteiger partial charge in [0.1, 0.15) is 6.04 Å². The van der Waals surface area contributed by atoms with Crippen LogP contribution < -0.4 is 11.1 Å². The van der Waals surface area contributed by atoms with Gasteiger partial charge in [0.25, 0.3) is 0 Å². The summed E-state index contributed by atoms with van der Waals surface area (Å²) in [6.45, 7) is 8.65. The van der Waals surface area contributed by atoms with E-state index >= 15 is 0 Å². The molecule has 0 radical (unpaired) electrons. The van der Waals surface area contributed by atoms with Gasteiger partial charge in [0, 0.05) is 32.8 Å². The zero-order valence-corrected chi connectivity index (χ0v) is 11.3. The Morgan fingerprint density at radius 3 is 2.82 bits per heavy atom. The fourth-order valence-corrected chi connectivity index (χ4v) is 2.42. The van der Waals surface area contributed by atoms with Crippen molar-refractivity contribution in [2.24, 2.45) is 5.73 Å². The maximum absolute atomic E-state index is 11.4. The van der Waals surface area contributed by atoms with E-state index < -0.39 is 0 Å². The van der Waals surface area contributed by atoms with Crippen molar-refractivity contribution < 1.29 is 9.53 Å². The van der Waals surface area contributed by atoms with Gasteiger partial charge in [-0.05, 0) is 27.2 Å². The molecule has 0 aromatic heterocycles.